The van der Waals surface area contributed by atoms with Gasteiger partial charge in [0.15, 0.2) is 12.0 Å². The Morgan fingerprint density at radius 3 is 2.70 bits per heavy atom. The molecule has 3 fully saturated rings. The molecule has 174 valence electrons. The standard InChI is InChI=1S/C23H30N8O2/c1-24-21-20(18-12-26-28(2)15-18)27-19(13-25-21)29-8-6-23(7-9-29)16-30(10-11-33-3)22(32)31(23)14-17-4-5-17/h12-13,15,17H,4-11,14,16H2,2-3H3. The minimum Gasteiger partial charge on any atom is -0.383 e. The number of carbonyl (C=O) groups is 1. The van der Waals surface area contributed by atoms with Gasteiger partial charge in [0, 0.05) is 58.6 Å². The van der Waals surface area contributed by atoms with E-state index in [0.29, 0.717) is 24.8 Å². The summed E-state index contributed by atoms with van der Waals surface area (Å²) in [7, 11) is 3.52. The maximum Gasteiger partial charge on any atom is 0.320 e. The first-order valence-corrected chi connectivity index (χ1v) is 11.6. The Kier molecular flexibility index (Phi) is 5.66. The van der Waals surface area contributed by atoms with Gasteiger partial charge in [0.1, 0.15) is 5.69 Å². The second kappa shape index (κ2) is 8.63. The molecular formula is C23H30N8O2. The zero-order valence-electron chi connectivity index (χ0n) is 19.3. The fourth-order valence-corrected chi connectivity index (χ4v) is 5.01. The number of carbonyl (C=O) groups excluding carboxylic acids is 1. The summed E-state index contributed by atoms with van der Waals surface area (Å²) in [6, 6.07) is 0.160. The van der Waals surface area contributed by atoms with Crippen LogP contribution in [0.25, 0.3) is 16.1 Å². The Labute approximate surface area is 194 Å². The van der Waals surface area contributed by atoms with Gasteiger partial charge in [-0.3, -0.25) is 4.68 Å². The van der Waals surface area contributed by atoms with E-state index >= 15 is 0 Å². The van der Waals surface area contributed by atoms with Crippen LogP contribution in [0.15, 0.2) is 18.6 Å². The molecule has 1 aliphatic carbocycles. The van der Waals surface area contributed by atoms with Crippen LogP contribution in [0.2, 0.25) is 0 Å². The van der Waals surface area contributed by atoms with Crippen LogP contribution in [0.4, 0.5) is 16.4 Å². The van der Waals surface area contributed by atoms with Gasteiger partial charge < -0.3 is 24.3 Å². The molecule has 4 heterocycles. The number of aryl methyl sites for hydroxylation is 1. The number of nitrogens with zero attached hydrogens (tertiary/aromatic N) is 8. The number of amides is 2. The molecule has 2 aromatic heterocycles. The van der Waals surface area contributed by atoms with Crippen molar-refractivity contribution in [1.29, 1.82) is 0 Å². The second-order valence-electron chi connectivity index (χ2n) is 9.38. The molecule has 10 heteroatoms. The second-order valence-corrected chi connectivity index (χ2v) is 9.38. The summed E-state index contributed by atoms with van der Waals surface area (Å²) in [5.41, 5.74) is 1.23. The summed E-state index contributed by atoms with van der Waals surface area (Å²) in [5.74, 6) is 1.71. The molecule has 10 nitrogen and oxygen atoms in total. The van der Waals surface area contributed by atoms with E-state index in [1.165, 1.54) is 12.8 Å². The predicted octanol–water partition coefficient (Wildman–Crippen LogP) is 2.56. The monoisotopic (exact) mass is 450 g/mol. The number of anilines is 1. The third kappa shape index (κ3) is 4.13. The van der Waals surface area contributed by atoms with Crippen LogP contribution in [-0.2, 0) is 11.8 Å². The van der Waals surface area contributed by atoms with Crippen molar-refractivity contribution in [1.82, 2.24) is 29.5 Å². The molecule has 1 spiro atoms. The highest BCUT2D eigenvalue weighted by atomic mass is 16.5. The number of hydrogen-bond donors (Lipinski definition) is 0. The van der Waals surface area contributed by atoms with Crippen molar-refractivity contribution in [3.05, 3.63) is 30.0 Å². The van der Waals surface area contributed by atoms with E-state index in [-0.39, 0.29) is 17.4 Å². The van der Waals surface area contributed by atoms with Crippen molar-refractivity contribution in [2.45, 2.75) is 31.2 Å². The molecule has 0 N–H and O–H groups in total. The number of hydrogen-bond acceptors (Lipinski definition) is 6. The molecule has 3 aliphatic rings. The van der Waals surface area contributed by atoms with Gasteiger partial charge in [-0.25, -0.2) is 9.78 Å². The van der Waals surface area contributed by atoms with Crippen molar-refractivity contribution >= 4 is 17.7 Å². The van der Waals surface area contributed by atoms with Gasteiger partial charge in [-0.05, 0) is 31.6 Å². The Morgan fingerprint density at radius 1 is 1.27 bits per heavy atom. The van der Waals surface area contributed by atoms with Gasteiger partial charge in [0.2, 0.25) is 0 Å². The summed E-state index contributed by atoms with van der Waals surface area (Å²) < 4.78 is 6.93. The lowest BCUT2D eigenvalue weighted by Gasteiger charge is -2.44. The molecule has 2 amide bonds. The van der Waals surface area contributed by atoms with Gasteiger partial charge in [-0.15, -0.1) is 4.98 Å². The van der Waals surface area contributed by atoms with E-state index in [1.54, 1.807) is 24.2 Å². The maximum atomic E-state index is 13.2. The number of methoxy groups -OCH3 is 1. The van der Waals surface area contributed by atoms with Gasteiger partial charge in [-0.2, -0.15) is 5.10 Å². The lowest BCUT2D eigenvalue weighted by molar-refractivity contribution is 0.127. The first-order valence-electron chi connectivity index (χ1n) is 11.6. The highest BCUT2D eigenvalue weighted by molar-refractivity contribution is 5.78. The van der Waals surface area contributed by atoms with Gasteiger partial charge in [0.05, 0.1) is 18.3 Å². The Bertz CT molecular complexity index is 1060. The zero-order chi connectivity index (χ0) is 23.0. The van der Waals surface area contributed by atoms with E-state index in [0.717, 1.165) is 50.4 Å². The zero-order valence-corrected chi connectivity index (χ0v) is 19.3. The van der Waals surface area contributed by atoms with Crippen LogP contribution in [-0.4, -0.2) is 87.6 Å². The summed E-state index contributed by atoms with van der Waals surface area (Å²) in [6.07, 6.45) is 9.49. The smallest absolute Gasteiger partial charge is 0.320 e. The van der Waals surface area contributed by atoms with Crippen LogP contribution in [0.1, 0.15) is 25.7 Å². The fraction of sp³-hybridized carbons (Fsp3) is 0.609. The third-order valence-electron chi connectivity index (χ3n) is 7.11. The lowest BCUT2D eigenvalue weighted by atomic mass is 9.86. The maximum absolute atomic E-state index is 13.2. The molecule has 5 rings (SSSR count). The molecule has 0 atom stereocenters. The molecule has 2 aromatic rings. The molecule has 2 aliphatic heterocycles. The lowest BCUT2D eigenvalue weighted by Crippen LogP contribution is -2.55. The molecule has 33 heavy (non-hydrogen) atoms. The van der Waals surface area contributed by atoms with Crippen molar-refractivity contribution in [2.24, 2.45) is 13.0 Å². The summed E-state index contributed by atoms with van der Waals surface area (Å²) in [5, 5.41) is 4.21. The van der Waals surface area contributed by atoms with Crippen LogP contribution >= 0.6 is 0 Å². The third-order valence-corrected chi connectivity index (χ3v) is 7.11. The fourth-order valence-electron chi connectivity index (χ4n) is 5.01. The van der Waals surface area contributed by atoms with E-state index in [1.807, 2.05) is 18.1 Å². The van der Waals surface area contributed by atoms with Gasteiger partial charge in [0.25, 0.3) is 5.82 Å². The van der Waals surface area contributed by atoms with Crippen LogP contribution in [0.5, 0.6) is 0 Å². The first kappa shape index (κ1) is 21.6. The molecule has 0 radical (unpaired) electrons. The van der Waals surface area contributed by atoms with Crippen LogP contribution in [0, 0.1) is 12.5 Å². The van der Waals surface area contributed by atoms with Crippen molar-refractivity contribution in [3.8, 4) is 11.3 Å². The molecule has 1 saturated carbocycles. The minimum atomic E-state index is -0.125. The van der Waals surface area contributed by atoms with E-state index < -0.39 is 0 Å². The van der Waals surface area contributed by atoms with Gasteiger partial charge >= 0.3 is 6.03 Å². The highest BCUT2D eigenvalue weighted by Gasteiger charge is 2.51. The van der Waals surface area contributed by atoms with Crippen molar-refractivity contribution < 1.29 is 9.53 Å². The molecule has 0 unspecified atom stereocenters. The Balaban J connectivity index is 1.34. The van der Waals surface area contributed by atoms with Crippen LogP contribution < -0.4 is 4.90 Å². The van der Waals surface area contributed by atoms with E-state index in [4.69, 9.17) is 16.3 Å². The SMILES string of the molecule is [C-]#[N+]c1ncc(N2CCC3(CC2)CN(CCOC)C(=O)N3CC2CC2)nc1-c1cnn(C)c1. The molecule has 0 bridgehead atoms. The van der Waals surface area contributed by atoms with Crippen LogP contribution in [0.3, 0.4) is 0 Å². The van der Waals surface area contributed by atoms with Crippen molar-refractivity contribution in [3.63, 3.8) is 0 Å². The molecule has 0 aromatic carbocycles. The predicted molar refractivity (Wildman–Crippen MR) is 123 cm³/mol. The Morgan fingerprint density at radius 2 is 2.06 bits per heavy atom. The number of piperidine rings is 1. The number of ether oxygens (including phenoxy) is 1. The summed E-state index contributed by atoms with van der Waals surface area (Å²) in [4.78, 5) is 32.3. The quantitative estimate of drug-likeness (QED) is 0.603. The van der Waals surface area contributed by atoms with Crippen molar-refractivity contribution in [2.75, 3.05) is 51.3 Å². The van der Waals surface area contributed by atoms with Gasteiger partial charge in [-0.1, -0.05) is 6.57 Å². The summed E-state index contributed by atoms with van der Waals surface area (Å²) in [6.45, 7) is 11.9. The number of urea groups is 1. The first-order chi connectivity index (χ1) is 16.0. The van der Waals surface area contributed by atoms with E-state index in [2.05, 4.69) is 24.7 Å². The minimum absolute atomic E-state index is 0.125. The largest absolute Gasteiger partial charge is 0.383 e. The average molecular weight is 451 g/mol. The molecule has 2 saturated heterocycles. The normalized spacial score (nSPS) is 20.0. The topological polar surface area (TPSA) is 84.0 Å². The highest BCUT2D eigenvalue weighted by Crippen LogP contribution is 2.41. The summed E-state index contributed by atoms with van der Waals surface area (Å²) >= 11 is 0. The number of aromatic nitrogens is 4. The average Bonchev–Trinajstić information content (AvgIpc) is 3.51. The van der Waals surface area contributed by atoms with E-state index in [9.17, 15) is 4.79 Å². The molecular weight excluding hydrogens is 420 g/mol. The number of rotatable bonds is 7. The Hall–Kier alpha value is -3.19.